The van der Waals surface area contributed by atoms with Gasteiger partial charge in [0, 0.05) is 18.6 Å². The summed E-state index contributed by atoms with van der Waals surface area (Å²) in [5.41, 5.74) is 6.02. The molecule has 2 fully saturated rings. The van der Waals surface area contributed by atoms with E-state index in [0.717, 1.165) is 25.0 Å². The summed E-state index contributed by atoms with van der Waals surface area (Å²) in [7, 11) is 0. The van der Waals surface area contributed by atoms with E-state index in [1.807, 2.05) is 0 Å². The van der Waals surface area contributed by atoms with Gasteiger partial charge >= 0.3 is 0 Å². The van der Waals surface area contributed by atoms with Crippen molar-refractivity contribution in [3.8, 4) is 0 Å². The van der Waals surface area contributed by atoms with Crippen molar-refractivity contribution in [1.82, 2.24) is 4.90 Å². The molecule has 2 aliphatic carbocycles. The molecule has 3 N–H and O–H groups in total. The van der Waals surface area contributed by atoms with Gasteiger partial charge in [0.2, 0.25) is 0 Å². The topological polar surface area (TPSA) is 49.5 Å². The smallest absolute Gasteiger partial charge is 0.0558 e. The third-order valence-corrected chi connectivity index (χ3v) is 5.39. The normalized spacial score (nSPS) is 32.5. The fourth-order valence-electron chi connectivity index (χ4n) is 4.10. The van der Waals surface area contributed by atoms with Crippen LogP contribution < -0.4 is 5.73 Å². The monoisotopic (exact) mass is 268 g/mol. The van der Waals surface area contributed by atoms with Gasteiger partial charge in [-0.2, -0.15) is 0 Å². The van der Waals surface area contributed by atoms with Crippen LogP contribution in [0.15, 0.2) is 0 Å². The van der Waals surface area contributed by atoms with Gasteiger partial charge in [-0.1, -0.05) is 32.6 Å². The minimum Gasteiger partial charge on any atom is -0.395 e. The number of aliphatic hydroxyl groups is 1. The molecule has 3 unspecified atom stereocenters. The zero-order valence-corrected chi connectivity index (χ0v) is 12.6. The molecule has 0 radical (unpaired) electrons. The number of rotatable bonds is 7. The van der Waals surface area contributed by atoms with E-state index in [1.165, 1.54) is 51.4 Å². The molecule has 0 spiro atoms. The van der Waals surface area contributed by atoms with Crippen molar-refractivity contribution in [2.24, 2.45) is 17.6 Å². The molecule has 0 aromatic rings. The zero-order chi connectivity index (χ0) is 13.7. The largest absolute Gasteiger partial charge is 0.395 e. The second-order valence-corrected chi connectivity index (χ2v) is 6.58. The zero-order valence-electron chi connectivity index (χ0n) is 12.6. The third kappa shape index (κ3) is 3.71. The van der Waals surface area contributed by atoms with Crippen LogP contribution in [0.1, 0.15) is 58.3 Å². The lowest BCUT2D eigenvalue weighted by Crippen LogP contribution is -2.54. The molecule has 2 saturated carbocycles. The molecule has 112 valence electrons. The molecule has 3 nitrogen and oxygen atoms in total. The van der Waals surface area contributed by atoms with Gasteiger partial charge in [-0.3, -0.25) is 4.90 Å². The molecule has 0 amide bonds. The highest BCUT2D eigenvalue weighted by atomic mass is 16.3. The van der Waals surface area contributed by atoms with Crippen LogP contribution in [0.4, 0.5) is 0 Å². The Hall–Kier alpha value is -0.120. The molecular formula is C16H32N2O. The Balaban J connectivity index is 2.01. The minimum atomic E-state index is 0.294. The molecule has 0 heterocycles. The number of nitrogens with zero attached hydrogens (tertiary/aromatic N) is 1. The maximum absolute atomic E-state index is 9.39. The van der Waals surface area contributed by atoms with Crippen LogP contribution >= 0.6 is 0 Å². The lowest BCUT2D eigenvalue weighted by molar-refractivity contribution is 0.00497. The highest BCUT2D eigenvalue weighted by molar-refractivity contribution is 4.92. The van der Waals surface area contributed by atoms with Gasteiger partial charge in [-0.15, -0.1) is 0 Å². The first-order chi connectivity index (χ1) is 9.30. The summed E-state index contributed by atoms with van der Waals surface area (Å²) in [5.74, 6) is 1.54. The van der Waals surface area contributed by atoms with Crippen molar-refractivity contribution >= 4 is 0 Å². The Kier molecular flexibility index (Phi) is 6.11. The maximum Gasteiger partial charge on any atom is 0.0558 e. The van der Waals surface area contributed by atoms with Crippen LogP contribution in [0.25, 0.3) is 0 Å². The summed E-state index contributed by atoms with van der Waals surface area (Å²) in [6, 6.07) is 1.36. The van der Waals surface area contributed by atoms with Gasteiger partial charge < -0.3 is 10.8 Å². The summed E-state index contributed by atoms with van der Waals surface area (Å²) in [6.45, 7) is 4.26. The Morgan fingerprint density at radius 1 is 1.21 bits per heavy atom. The van der Waals surface area contributed by atoms with E-state index in [1.54, 1.807) is 0 Å². The summed E-state index contributed by atoms with van der Waals surface area (Å²) in [6.07, 6.45) is 10.7. The van der Waals surface area contributed by atoms with Crippen molar-refractivity contribution in [1.29, 1.82) is 0 Å². The fraction of sp³-hybridized carbons (Fsp3) is 1.00. The van der Waals surface area contributed by atoms with Crippen LogP contribution in [-0.2, 0) is 0 Å². The Bertz CT molecular complexity index is 255. The lowest BCUT2D eigenvalue weighted by atomic mass is 9.74. The first-order valence-electron chi connectivity index (χ1n) is 8.36. The first kappa shape index (κ1) is 15.3. The Labute approximate surface area is 118 Å². The third-order valence-electron chi connectivity index (χ3n) is 5.39. The van der Waals surface area contributed by atoms with E-state index < -0.39 is 0 Å². The summed E-state index contributed by atoms with van der Waals surface area (Å²) in [5, 5.41) is 9.39. The van der Waals surface area contributed by atoms with Gasteiger partial charge in [0.1, 0.15) is 0 Å². The summed E-state index contributed by atoms with van der Waals surface area (Å²) < 4.78 is 0. The average molecular weight is 268 g/mol. The van der Waals surface area contributed by atoms with Crippen molar-refractivity contribution in [3.05, 3.63) is 0 Å². The predicted molar refractivity (Wildman–Crippen MR) is 80.0 cm³/mol. The van der Waals surface area contributed by atoms with Crippen LogP contribution in [-0.4, -0.2) is 41.8 Å². The lowest BCUT2D eigenvalue weighted by Gasteiger charge is -2.48. The molecule has 0 aliphatic heterocycles. The van der Waals surface area contributed by atoms with Gasteiger partial charge in [-0.05, 0) is 44.1 Å². The van der Waals surface area contributed by atoms with Crippen LogP contribution in [0, 0.1) is 11.8 Å². The van der Waals surface area contributed by atoms with Gasteiger partial charge in [-0.25, -0.2) is 0 Å². The Morgan fingerprint density at radius 2 is 2.00 bits per heavy atom. The van der Waals surface area contributed by atoms with Crippen LogP contribution in [0.5, 0.6) is 0 Å². The molecule has 2 rings (SSSR count). The second kappa shape index (κ2) is 7.61. The van der Waals surface area contributed by atoms with Crippen molar-refractivity contribution in [3.63, 3.8) is 0 Å². The van der Waals surface area contributed by atoms with E-state index >= 15 is 0 Å². The standard InChI is InChI=1S/C16H32N2O/c1-2-4-13-7-8-14(12-17)16(11-13)18(9-10-19)15-5-3-6-15/h13-16,19H,2-12,17H2,1H3. The number of hydrogen-bond acceptors (Lipinski definition) is 3. The predicted octanol–water partition coefficient (Wildman–Crippen LogP) is 2.38. The minimum absolute atomic E-state index is 0.294. The van der Waals surface area contributed by atoms with Gasteiger partial charge in [0.15, 0.2) is 0 Å². The maximum atomic E-state index is 9.39. The van der Waals surface area contributed by atoms with E-state index in [-0.39, 0.29) is 0 Å². The molecule has 3 atom stereocenters. The average Bonchev–Trinajstić information content (AvgIpc) is 2.36. The van der Waals surface area contributed by atoms with E-state index in [9.17, 15) is 5.11 Å². The van der Waals surface area contributed by atoms with Gasteiger partial charge in [0.25, 0.3) is 0 Å². The highest BCUT2D eigenvalue weighted by Crippen LogP contribution is 2.38. The molecule has 3 heteroatoms. The molecule has 0 aromatic heterocycles. The van der Waals surface area contributed by atoms with E-state index in [0.29, 0.717) is 18.6 Å². The SMILES string of the molecule is CCCC1CCC(CN)C(N(CCO)C2CCC2)C1. The van der Waals surface area contributed by atoms with E-state index in [2.05, 4.69) is 11.8 Å². The van der Waals surface area contributed by atoms with Crippen LogP contribution in [0.2, 0.25) is 0 Å². The summed E-state index contributed by atoms with van der Waals surface area (Å²) in [4.78, 5) is 2.61. The van der Waals surface area contributed by atoms with E-state index in [4.69, 9.17) is 5.73 Å². The Morgan fingerprint density at radius 3 is 2.53 bits per heavy atom. The number of aliphatic hydroxyl groups excluding tert-OH is 1. The van der Waals surface area contributed by atoms with Gasteiger partial charge in [0.05, 0.1) is 6.61 Å². The molecule has 19 heavy (non-hydrogen) atoms. The molecule has 0 bridgehead atoms. The molecular weight excluding hydrogens is 236 g/mol. The molecule has 0 saturated heterocycles. The number of hydrogen-bond donors (Lipinski definition) is 2. The van der Waals surface area contributed by atoms with Crippen LogP contribution in [0.3, 0.4) is 0 Å². The van der Waals surface area contributed by atoms with Crippen molar-refractivity contribution in [2.75, 3.05) is 19.7 Å². The van der Waals surface area contributed by atoms with Crippen molar-refractivity contribution < 1.29 is 5.11 Å². The molecule has 0 aromatic carbocycles. The first-order valence-corrected chi connectivity index (χ1v) is 8.36. The number of nitrogens with two attached hydrogens (primary N) is 1. The van der Waals surface area contributed by atoms with Crippen molar-refractivity contribution in [2.45, 2.75) is 70.4 Å². The summed E-state index contributed by atoms with van der Waals surface area (Å²) >= 11 is 0. The fourth-order valence-corrected chi connectivity index (χ4v) is 4.10. The quantitative estimate of drug-likeness (QED) is 0.745. The highest BCUT2D eigenvalue weighted by Gasteiger charge is 2.37. The molecule has 2 aliphatic rings. The second-order valence-electron chi connectivity index (χ2n) is 6.58.